The van der Waals surface area contributed by atoms with Crippen molar-refractivity contribution < 1.29 is 8.42 Å². The number of hydrogen-bond acceptors (Lipinski definition) is 4. The molecule has 2 N–H and O–H groups in total. The minimum absolute atomic E-state index is 0.0853. The van der Waals surface area contributed by atoms with Gasteiger partial charge in [-0.25, -0.2) is 13.1 Å². The highest BCUT2D eigenvalue weighted by atomic mass is 32.2. The quantitative estimate of drug-likeness (QED) is 0.665. The fourth-order valence-corrected chi connectivity index (χ4v) is 6.04. The zero-order valence-corrected chi connectivity index (χ0v) is 17.0. The third kappa shape index (κ3) is 3.75. The maximum atomic E-state index is 13.1. The number of benzene rings is 1. The number of nitrogens with zero attached hydrogens (tertiary/aromatic N) is 1. The highest BCUT2D eigenvalue weighted by molar-refractivity contribution is 7.89. The predicted octanol–water partition coefficient (Wildman–Crippen LogP) is 4.15. The molecule has 26 heavy (non-hydrogen) atoms. The van der Waals surface area contributed by atoms with Crippen LogP contribution in [0.5, 0.6) is 0 Å². The van der Waals surface area contributed by atoms with Crippen molar-refractivity contribution in [2.75, 3.05) is 6.54 Å². The van der Waals surface area contributed by atoms with Crippen molar-refractivity contribution in [2.45, 2.75) is 38.5 Å². The number of hydrogen-bond donors (Lipinski definition) is 2. The zero-order valence-electron chi connectivity index (χ0n) is 15.3. The summed E-state index contributed by atoms with van der Waals surface area (Å²) in [5.41, 5.74) is 3.37. The van der Waals surface area contributed by atoms with E-state index in [4.69, 9.17) is 0 Å². The van der Waals surface area contributed by atoms with Crippen LogP contribution in [-0.4, -0.2) is 25.2 Å². The molecule has 0 saturated heterocycles. The predicted molar refractivity (Wildman–Crippen MR) is 106 cm³/mol. The van der Waals surface area contributed by atoms with E-state index in [1.54, 1.807) is 0 Å². The van der Waals surface area contributed by atoms with Gasteiger partial charge in [0, 0.05) is 27.6 Å². The number of sulfonamides is 1. The second-order valence-corrected chi connectivity index (χ2v) is 9.65. The average Bonchev–Trinajstić information content (AvgIpc) is 3.16. The summed E-state index contributed by atoms with van der Waals surface area (Å²) in [7, 11) is -3.64. The van der Waals surface area contributed by atoms with Gasteiger partial charge in [0.2, 0.25) is 10.0 Å². The van der Waals surface area contributed by atoms with Gasteiger partial charge in [-0.05, 0) is 38.3 Å². The van der Waals surface area contributed by atoms with E-state index in [-0.39, 0.29) is 5.92 Å². The van der Waals surface area contributed by atoms with Gasteiger partial charge < -0.3 is 0 Å². The highest BCUT2D eigenvalue weighted by Gasteiger charge is 2.27. The molecule has 0 aliphatic carbocycles. The Bertz CT molecular complexity index is 1000. The van der Waals surface area contributed by atoms with Gasteiger partial charge in [-0.2, -0.15) is 5.10 Å². The molecule has 3 aromatic rings. The fourth-order valence-electron chi connectivity index (χ4n) is 3.04. The molecule has 0 fully saturated rings. The molecule has 5 nitrogen and oxygen atoms in total. The standard InChI is InChI=1S/C19H23N3O2S2/c1-12(16-8-6-5-7-9-16)11-20-26(23,24)19-15(4)25-14(3)18(19)17-10-13(2)21-22-17/h5-10,12,20H,11H2,1-4H3,(H,21,22)/t12-/m0/s1. The monoisotopic (exact) mass is 389 g/mol. The molecule has 2 aromatic heterocycles. The third-order valence-corrected chi connectivity index (χ3v) is 7.13. The molecule has 0 saturated carbocycles. The summed E-state index contributed by atoms with van der Waals surface area (Å²) in [4.78, 5) is 2.07. The van der Waals surface area contributed by atoms with Crippen LogP contribution < -0.4 is 4.72 Å². The first-order chi connectivity index (χ1) is 12.3. The summed E-state index contributed by atoms with van der Waals surface area (Å²) < 4.78 is 28.9. The molecule has 7 heteroatoms. The van der Waals surface area contributed by atoms with Crippen LogP contribution in [0.4, 0.5) is 0 Å². The van der Waals surface area contributed by atoms with Crippen LogP contribution in [0.15, 0.2) is 41.3 Å². The number of thiophene rings is 1. The van der Waals surface area contributed by atoms with E-state index in [9.17, 15) is 8.42 Å². The van der Waals surface area contributed by atoms with Gasteiger partial charge in [0.1, 0.15) is 4.90 Å². The maximum absolute atomic E-state index is 13.1. The lowest BCUT2D eigenvalue weighted by Crippen LogP contribution is -2.28. The molecule has 0 unspecified atom stereocenters. The van der Waals surface area contributed by atoms with Crippen LogP contribution in [0, 0.1) is 20.8 Å². The number of nitrogens with one attached hydrogen (secondary N) is 2. The Morgan fingerprint density at radius 1 is 1.15 bits per heavy atom. The summed E-state index contributed by atoms with van der Waals surface area (Å²) in [5.74, 6) is 0.0853. The van der Waals surface area contributed by atoms with Gasteiger partial charge in [-0.15, -0.1) is 11.3 Å². The molecule has 1 aromatic carbocycles. The lowest BCUT2D eigenvalue weighted by Gasteiger charge is -2.14. The summed E-state index contributed by atoms with van der Waals surface area (Å²) in [5, 5.41) is 7.16. The molecule has 2 heterocycles. The van der Waals surface area contributed by atoms with Crippen LogP contribution in [0.1, 0.15) is 33.9 Å². The molecule has 0 spiro atoms. The normalized spacial score (nSPS) is 13.1. The first-order valence-electron chi connectivity index (χ1n) is 8.46. The summed E-state index contributed by atoms with van der Waals surface area (Å²) in [6.45, 7) is 8.04. The molecular weight excluding hydrogens is 366 g/mol. The lowest BCUT2D eigenvalue weighted by atomic mass is 10.0. The SMILES string of the molecule is Cc1cc(-c2c(C)sc(C)c2S(=O)(=O)NC[C@H](C)c2ccccc2)n[nH]1. The van der Waals surface area contributed by atoms with Crippen LogP contribution >= 0.6 is 11.3 Å². The van der Waals surface area contributed by atoms with Crippen molar-refractivity contribution >= 4 is 21.4 Å². The Morgan fingerprint density at radius 3 is 2.46 bits per heavy atom. The summed E-state index contributed by atoms with van der Waals surface area (Å²) >= 11 is 1.48. The van der Waals surface area contributed by atoms with Crippen molar-refractivity contribution in [3.63, 3.8) is 0 Å². The second-order valence-electron chi connectivity index (χ2n) is 6.52. The smallest absolute Gasteiger partial charge is 0.242 e. The average molecular weight is 390 g/mol. The van der Waals surface area contributed by atoms with Crippen molar-refractivity contribution in [3.8, 4) is 11.3 Å². The van der Waals surface area contributed by atoms with Gasteiger partial charge in [0.15, 0.2) is 0 Å². The van der Waals surface area contributed by atoms with Gasteiger partial charge in [-0.3, -0.25) is 5.10 Å². The van der Waals surface area contributed by atoms with Gasteiger partial charge in [-0.1, -0.05) is 37.3 Å². The number of H-pyrrole nitrogens is 1. The van der Waals surface area contributed by atoms with Crippen LogP contribution in [0.2, 0.25) is 0 Å². The van der Waals surface area contributed by atoms with E-state index in [2.05, 4.69) is 14.9 Å². The Balaban J connectivity index is 1.90. The highest BCUT2D eigenvalue weighted by Crippen LogP contribution is 2.38. The summed E-state index contributed by atoms with van der Waals surface area (Å²) in [6.07, 6.45) is 0. The maximum Gasteiger partial charge on any atom is 0.242 e. The Kier molecular flexibility index (Phi) is 5.32. The van der Waals surface area contributed by atoms with E-state index < -0.39 is 10.0 Å². The Labute approximate surface area is 158 Å². The molecule has 0 aliphatic rings. The first-order valence-corrected chi connectivity index (χ1v) is 10.8. The fraction of sp³-hybridized carbons (Fsp3) is 0.316. The Morgan fingerprint density at radius 2 is 1.85 bits per heavy atom. The van der Waals surface area contributed by atoms with Crippen LogP contribution in [-0.2, 0) is 10.0 Å². The Hall–Kier alpha value is -1.96. The van der Waals surface area contributed by atoms with E-state index in [1.807, 2.05) is 64.1 Å². The number of aryl methyl sites for hydroxylation is 3. The molecule has 0 amide bonds. The van der Waals surface area contributed by atoms with Crippen LogP contribution in [0.25, 0.3) is 11.3 Å². The third-order valence-electron chi connectivity index (χ3n) is 4.38. The first kappa shape index (κ1) is 18.8. The van der Waals surface area contributed by atoms with E-state index in [1.165, 1.54) is 11.3 Å². The topological polar surface area (TPSA) is 74.8 Å². The van der Waals surface area contributed by atoms with E-state index in [0.29, 0.717) is 22.7 Å². The van der Waals surface area contributed by atoms with Crippen LogP contribution in [0.3, 0.4) is 0 Å². The molecule has 0 aliphatic heterocycles. The minimum Gasteiger partial charge on any atom is -0.282 e. The number of aromatic amines is 1. The second kappa shape index (κ2) is 7.34. The zero-order chi connectivity index (χ0) is 18.9. The largest absolute Gasteiger partial charge is 0.282 e. The molecule has 1 atom stereocenters. The minimum atomic E-state index is -3.64. The van der Waals surface area contributed by atoms with Crippen molar-refractivity contribution in [1.82, 2.24) is 14.9 Å². The summed E-state index contributed by atoms with van der Waals surface area (Å²) in [6, 6.07) is 11.8. The van der Waals surface area contributed by atoms with Gasteiger partial charge in [0.05, 0.1) is 5.69 Å². The van der Waals surface area contributed by atoms with E-state index >= 15 is 0 Å². The van der Waals surface area contributed by atoms with Crippen molar-refractivity contribution in [1.29, 1.82) is 0 Å². The molecule has 0 bridgehead atoms. The molecule has 0 radical (unpaired) electrons. The van der Waals surface area contributed by atoms with E-state index in [0.717, 1.165) is 21.0 Å². The lowest BCUT2D eigenvalue weighted by molar-refractivity contribution is 0.575. The molecule has 3 rings (SSSR count). The van der Waals surface area contributed by atoms with Crippen molar-refractivity contribution in [3.05, 3.63) is 57.4 Å². The van der Waals surface area contributed by atoms with Gasteiger partial charge in [0.25, 0.3) is 0 Å². The van der Waals surface area contributed by atoms with Crippen molar-refractivity contribution in [2.24, 2.45) is 0 Å². The molecular formula is C19H23N3O2S2. The van der Waals surface area contributed by atoms with Gasteiger partial charge >= 0.3 is 0 Å². The molecule has 138 valence electrons. The number of rotatable bonds is 6. The number of aromatic nitrogens is 2.